The van der Waals surface area contributed by atoms with Crippen LogP contribution in [-0.2, 0) is 4.74 Å². The van der Waals surface area contributed by atoms with Crippen LogP contribution in [-0.4, -0.2) is 72.9 Å². The standard InChI is InChI=1S/C27H31FN6O2/c1-17(14-33(2)3)36-24-13-18(34-11-9-19(15-34)35-4)12-23-25(24)27(31-16-30-23)32-22-8-7-21-20(26(22)28)6-5-10-29-21/h5-8,10,12-13,16-17,19H,9,11,14-15H2,1-4H3,(H,30,31,32)/t17-,19+/m1/s1. The zero-order valence-corrected chi connectivity index (χ0v) is 21.0. The molecular formula is C27H31FN6O2. The van der Waals surface area contributed by atoms with Crippen molar-refractivity contribution in [3.63, 3.8) is 0 Å². The second-order valence-corrected chi connectivity index (χ2v) is 9.47. The van der Waals surface area contributed by atoms with Crippen LogP contribution < -0.4 is 15.0 Å². The van der Waals surface area contributed by atoms with E-state index in [4.69, 9.17) is 9.47 Å². The van der Waals surface area contributed by atoms with E-state index in [1.54, 1.807) is 37.6 Å². The fourth-order valence-electron chi connectivity index (χ4n) is 4.77. The van der Waals surface area contributed by atoms with Crippen LogP contribution in [0.1, 0.15) is 13.3 Å². The molecule has 2 atom stereocenters. The molecule has 1 saturated heterocycles. The van der Waals surface area contributed by atoms with Gasteiger partial charge in [0.05, 0.1) is 28.2 Å². The number of fused-ring (bicyclic) bond motifs is 2. The molecular weight excluding hydrogens is 459 g/mol. The molecule has 1 aliphatic heterocycles. The van der Waals surface area contributed by atoms with Crippen LogP contribution in [0.2, 0.25) is 0 Å². The number of hydrogen-bond donors (Lipinski definition) is 1. The van der Waals surface area contributed by atoms with E-state index >= 15 is 4.39 Å². The minimum Gasteiger partial charge on any atom is -0.488 e. The van der Waals surface area contributed by atoms with Crippen molar-refractivity contribution in [1.29, 1.82) is 0 Å². The molecule has 2 aromatic carbocycles. The molecule has 36 heavy (non-hydrogen) atoms. The molecule has 2 aromatic heterocycles. The molecule has 0 amide bonds. The Bertz CT molecular complexity index is 1380. The van der Waals surface area contributed by atoms with Crippen molar-refractivity contribution in [2.75, 3.05) is 51.1 Å². The minimum atomic E-state index is -0.380. The van der Waals surface area contributed by atoms with Crippen molar-refractivity contribution in [3.8, 4) is 5.75 Å². The van der Waals surface area contributed by atoms with Gasteiger partial charge in [0.25, 0.3) is 0 Å². The molecule has 9 heteroatoms. The summed E-state index contributed by atoms with van der Waals surface area (Å²) in [6.07, 6.45) is 4.22. The number of rotatable bonds is 8. The predicted octanol–water partition coefficient (Wildman–Crippen LogP) is 4.61. The van der Waals surface area contributed by atoms with Gasteiger partial charge in [-0.1, -0.05) is 0 Å². The second-order valence-electron chi connectivity index (χ2n) is 9.47. The van der Waals surface area contributed by atoms with Gasteiger partial charge in [0.1, 0.15) is 24.0 Å². The Hall–Kier alpha value is -3.56. The smallest absolute Gasteiger partial charge is 0.156 e. The normalized spacial score (nSPS) is 16.7. The predicted molar refractivity (Wildman–Crippen MR) is 141 cm³/mol. The number of methoxy groups -OCH3 is 1. The molecule has 0 radical (unpaired) electrons. The summed E-state index contributed by atoms with van der Waals surface area (Å²) in [6, 6.07) is 11.0. The molecule has 0 unspecified atom stereocenters. The molecule has 0 spiro atoms. The van der Waals surface area contributed by atoms with Crippen molar-refractivity contribution >= 4 is 39.0 Å². The lowest BCUT2D eigenvalue weighted by Gasteiger charge is -2.24. The third kappa shape index (κ3) is 4.89. The number of likely N-dealkylation sites (N-methyl/N-ethyl adjacent to an activating group) is 1. The lowest BCUT2D eigenvalue weighted by Crippen LogP contribution is -2.28. The topological polar surface area (TPSA) is 75.6 Å². The van der Waals surface area contributed by atoms with Gasteiger partial charge in [-0.05, 0) is 57.8 Å². The van der Waals surface area contributed by atoms with Gasteiger partial charge in [0.15, 0.2) is 5.82 Å². The Morgan fingerprint density at radius 3 is 2.81 bits per heavy atom. The molecule has 0 saturated carbocycles. The van der Waals surface area contributed by atoms with Gasteiger partial charge in [-0.3, -0.25) is 4.98 Å². The third-order valence-corrected chi connectivity index (χ3v) is 6.45. The number of nitrogens with zero attached hydrogens (tertiary/aromatic N) is 5. The van der Waals surface area contributed by atoms with Crippen LogP contribution in [0.25, 0.3) is 21.8 Å². The van der Waals surface area contributed by atoms with E-state index < -0.39 is 0 Å². The number of halogens is 1. The average Bonchev–Trinajstić information content (AvgIpc) is 3.35. The van der Waals surface area contributed by atoms with E-state index in [1.807, 2.05) is 33.2 Å². The quantitative estimate of drug-likeness (QED) is 0.384. The van der Waals surface area contributed by atoms with E-state index in [2.05, 4.69) is 30.1 Å². The van der Waals surface area contributed by atoms with Crippen LogP contribution in [0, 0.1) is 5.82 Å². The van der Waals surface area contributed by atoms with Crippen molar-refractivity contribution < 1.29 is 13.9 Å². The van der Waals surface area contributed by atoms with Gasteiger partial charge in [0.2, 0.25) is 0 Å². The zero-order chi connectivity index (χ0) is 25.2. The summed E-state index contributed by atoms with van der Waals surface area (Å²) in [5.74, 6) is 0.760. The molecule has 0 bridgehead atoms. The van der Waals surface area contributed by atoms with E-state index in [-0.39, 0.29) is 18.0 Å². The fourth-order valence-corrected chi connectivity index (χ4v) is 4.77. The fraction of sp³-hybridized carbons (Fsp3) is 0.370. The number of pyridine rings is 1. The summed E-state index contributed by atoms with van der Waals surface area (Å²) >= 11 is 0. The monoisotopic (exact) mass is 490 g/mol. The SMILES string of the molecule is CO[C@H]1CCN(c2cc(O[C@H](C)CN(C)C)c3c(Nc4ccc5ncccc5c4F)ncnc3c2)C1. The van der Waals surface area contributed by atoms with Gasteiger partial charge in [-0.15, -0.1) is 0 Å². The summed E-state index contributed by atoms with van der Waals surface area (Å²) < 4.78 is 27.4. The van der Waals surface area contributed by atoms with Crippen LogP contribution in [0.5, 0.6) is 5.75 Å². The highest BCUT2D eigenvalue weighted by Gasteiger charge is 2.25. The van der Waals surface area contributed by atoms with Gasteiger partial charge in [-0.2, -0.15) is 0 Å². The zero-order valence-electron chi connectivity index (χ0n) is 21.0. The molecule has 0 aliphatic carbocycles. The van der Waals surface area contributed by atoms with Crippen molar-refractivity contribution in [1.82, 2.24) is 19.9 Å². The second kappa shape index (κ2) is 10.2. The number of anilines is 3. The van der Waals surface area contributed by atoms with Crippen molar-refractivity contribution in [2.24, 2.45) is 0 Å². The molecule has 4 aromatic rings. The molecule has 1 N–H and O–H groups in total. The van der Waals surface area contributed by atoms with E-state index in [1.165, 1.54) is 6.33 Å². The Morgan fingerprint density at radius 2 is 2.03 bits per heavy atom. The summed E-state index contributed by atoms with van der Waals surface area (Å²) in [7, 11) is 5.77. The maximum Gasteiger partial charge on any atom is 0.156 e. The number of benzene rings is 2. The first-order chi connectivity index (χ1) is 17.4. The van der Waals surface area contributed by atoms with Gasteiger partial charge >= 0.3 is 0 Å². The molecule has 188 valence electrons. The Labute approximate surface area is 210 Å². The first-order valence-corrected chi connectivity index (χ1v) is 12.1. The summed E-state index contributed by atoms with van der Waals surface area (Å²) in [4.78, 5) is 17.6. The van der Waals surface area contributed by atoms with Gasteiger partial charge in [0, 0.05) is 50.1 Å². The summed E-state index contributed by atoms with van der Waals surface area (Å²) in [5.41, 5.74) is 2.65. The number of nitrogens with one attached hydrogen (secondary N) is 1. The van der Waals surface area contributed by atoms with E-state index in [9.17, 15) is 0 Å². The first-order valence-electron chi connectivity index (χ1n) is 12.1. The molecule has 1 aliphatic rings. The summed E-state index contributed by atoms with van der Waals surface area (Å²) in [6.45, 7) is 4.47. The number of aromatic nitrogens is 3. The maximum atomic E-state index is 15.3. The van der Waals surface area contributed by atoms with E-state index in [0.29, 0.717) is 33.5 Å². The van der Waals surface area contributed by atoms with Crippen molar-refractivity contribution in [3.05, 3.63) is 54.7 Å². The number of hydrogen-bond acceptors (Lipinski definition) is 8. The van der Waals surface area contributed by atoms with Crippen molar-refractivity contribution in [2.45, 2.75) is 25.6 Å². The van der Waals surface area contributed by atoms with Crippen LogP contribution >= 0.6 is 0 Å². The molecule has 5 rings (SSSR count). The van der Waals surface area contributed by atoms with Crippen LogP contribution in [0.15, 0.2) is 48.9 Å². The Balaban J connectivity index is 1.58. The van der Waals surface area contributed by atoms with E-state index in [0.717, 1.165) is 37.3 Å². The highest BCUT2D eigenvalue weighted by Crippen LogP contribution is 2.38. The third-order valence-electron chi connectivity index (χ3n) is 6.45. The lowest BCUT2D eigenvalue weighted by atomic mass is 10.1. The Morgan fingerprint density at radius 1 is 1.17 bits per heavy atom. The largest absolute Gasteiger partial charge is 0.488 e. The summed E-state index contributed by atoms with van der Waals surface area (Å²) in [5, 5.41) is 4.34. The highest BCUT2D eigenvalue weighted by atomic mass is 19.1. The average molecular weight is 491 g/mol. The highest BCUT2D eigenvalue weighted by molar-refractivity contribution is 5.98. The first kappa shape index (κ1) is 24.1. The Kier molecular flexibility index (Phi) is 6.84. The van der Waals surface area contributed by atoms with Gasteiger partial charge in [-0.25, -0.2) is 14.4 Å². The minimum absolute atomic E-state index is 0.0831. The van der Waals surface area contributed by atoms with Crippen LogP contribution in [0.3, 0.4) is 0 Å². The maximum absolute atomic E-state index is 15.3. The molecule has 1 fully saturated rings. The van der Waals surface area contributed by atoms with Gasteiger partial charge < -0.3 is 24.6 Å². The number of ether oxygens (including phenoxy) is 2. The molecule has 8 nitrogen and oxygen atoms in total. The van der Waals surface area contributed by atoms with Crippen LogP contribution in [0.4, 0.5) is 21.6 Å². The lowest BCUT2D eigenvalue weighted by molar-refractivity contribution is 0.121. The molecule has 3 heterocycles.